The molecule has 4 rings (SSSR count). The van der Waals surface area contributed by atoms with E-state index in [1.54, 1.807) is 36.0 Å². The minimum atomic E-state index is -0.923. The molecule has 30 heavy (non-hydrogen) atoms. The zero-order chi connectivity index (χ0) is 21.4. The molecule has 2 aromatic carbocycles. The fourth-order valence-electron chi connectivity index (χ4n) is 3.44. The van der Waals surface area contributed by atoms with Crippen molar-refractivity contribution in [2.24, 2.45) is 5.10 Å². The van der Waals surface area contributed by atoms with E-state index in [4.69, 9.17) is 0 Å². The molecular formula is C22H19BrN4O3. The Balaban J connectivity index is 1.88. The van der Waals surface area contributed by atoms with Gasteiger partial charge in [-0.05, 0) is 31.2 Å². The number of carboxylic acid groups (broad SMARTS) is 1. The lowest BCUT2D eigenvalue weighted by Crippen LogP contribution is -2.22. The highest BCUT2D eigenvalue weighted by atomic mass is 79.9. The van der Waals surface area contributed by atoms with Gasteiger partial charge in [-0.2, -0.15) is 9.78 Å². The van der Waals surface area contributed by atoms with Gasteiger partial charge in [-0.15, -0.1) is 0 Å². The van der Waals surface area contributed by atoms with Crippen LogP contribution in [0.1, 0.15) is 31.3 Å². The summed E-state index contributed by atoms with van der Waals surface area (Å²) in [7, 11) is 0. The van der Waals surface area contributed by atoms with Crippen LogP contribution in [0.4, 0.5) is 0 Å². The summed E-state index contributed by atoms with van der Waals surface area (Å²) in [5.41, 5.74) is 1.88. The van der Waals surface area contributed by atoms with E-state index in [2.05, 4.69) is 26.0 Å². The Morgan fingerprint density at radius 2 is 2.03 bits per heavy atom. The molecule has 0 aliphatic rings. The van der Waals surface area contributed by atoms with Gasteiger partial charge in [0.25, 0.3) is 5.56 Å². The van der Waals surface area contributed by atoms with Gasteiger partial charge in [0.2, 0.25) is 0 Å². The molecule has 0 fully saturated rings. The van der Waals surface area contributed by atoms with Gasteiger partial charge in [0.1, 0.15) is 11.9 Å². The van der Waals surface area contributed by atoms with E-state index in [1.807, 2.05) is 37.3 Å². The van der Waals surface area contributed by atoms with Crippen LogP contribution in [0.3, 0.4) is 0 Å². The Labute approximate surface area is 180 Å². The minimum Gasteiger partial charge on any atom is -0.480 e. The van der Waals surface area contributed by atoms with Gasteiger partial charge >= 0.3 is 5.97 Å². The van der Waals surface area contributed by atoms with Gasteiger partial charge in [0, 0.05) is 33.6 Å². The molecule has 152 valence electrons. The highest BCUT2D eigenvalue weighted by molar-refractivity contribution is 9.10. The Hall–Kier alpha value is -3.26. The van der Waals surface area contributed by atoms with Crippen LogP contribution in [0.25, 0.3) is 21.8 Å². The average molecular weight is 467 g/mol. The van der Waals surface area contributed by atoms with Crippen molar-refractivity contribution in [3.05, 3.63) is 74.9 Å². The Bertz CT molecular complexity index is 1370. The number of para-hydroxylation sites is 1. The topological polar surface area (TPSA) is 89.5 Å². The molecule has 0 unspecified atom stereocenters. The molecule has 4 aromatic rings. The van der Waals surface area contributed by atoms with Crippen molar-refractivity contribution in [2.75, 3.05) is 0 Å². The summed E-state index contributed by atoms with van der Waals surface area (Å²) in [6.07, 6.45) is 3.87. The van der Waals surface area contributed by atoms with E-state index < -0.39 is 12.0 Å². The van der Waals surface area contributed by atoms with Crippen molar-refractivity contribution < 1.29 is 9.90 Å². The molecule has 8 heteroatoms. The van der Waals surface area contributed by atoms with E-state index in [1.165, 1.54) is 4.68 Å². The SMILES string of the molecule is CCc1nc2ccc(Br)cc2c(=O)n1N=Cc1cn([C@@H](C)C(=O)O)c2ccccc12. The summed E-state index contributed by atoms with van der Waals surface area (Å²) in [6, 6.07) is 12.2. The highest BCUT2D eigenvalue weighted by Crippen LogP contribution is 2.24. The number of hydrogen-bond donors (Lipinski definition) is 1. The molecule has 2 heterocycles. The molecule has 0 aliphatic carbocycles. The first-order valence-corrected chi connectivity index (χ1v) is 10.3. The second-order valence-electron chi connectivity index (χ2n) is 6.93. The van der Waals surface area contributed by atoms with Crippen molar-refractivity contribution in [3.8, 4) is 0 Å². The van der Waals surface area contributed by atoms with Gasteiger partial charge in [-0.3, -0.25) is 4.79 Å². The molecule has 1 N–H and O–H groups in total. The van der Waals surface area contributed by atoms with Crippen molar-refractivity contribution in [1.82, 2.24) is 14.2 Å². The first-order chi connectivity index (χ1) is 14.4. The molecule has 0 saturated carbocycles. The van der Waals surface area contributed by atoms with Crippen LogP contribution in [0.5, 0.6) is 0 Å². The number of fused-ring (bicyclic) bond motifs is 2. The number of hydrogen-bond acceptors (Lipinski definition) is 4. The lowest BCUT2D eigenvalue weighted by molar-refractivity contribution is -0.140. The molecule has 0 radical (unpaired) electrons. The quantitative estimate of drug-likeness (QED) is 0.446. The molecule has 1 atom stereocenters. The van der Waals surface area contributed by atoms with Gasteiger partial charge in [0.15, 0.2) is 0 Å². The molecule has 0 bridgehead atoms. The number of aryl methyl sites for hydroxylation is 1. The lowest BCUT2D eigenvalue weighted by atomic mass is 10.2. The monoisotopic (exact) mass is 466 g/mol. The number of carboxylic acids is 1. The molecule has 0 spiro atoms. The number of carbonyl (C=O) groups is 1. The lowest BCUT2D eigenvalue weighted by Gasteiger charge is -2.09. The zero-order valence-electron chi connectivity index (χ0n) is 16.4. The maximum absolute atomic E-state index is 13.1. The normalized spacial score (nSPS) is 12.8. The van der Waals surface area contributed by atoms with Gasteiger partial charge < -0.3 is 9.67 Å². The van der Waals surface area contributed by atoms with Crippen LogP contribution in [0.15, 0.2) is 63.0 Å². The van der Waals surface area contributed by atoms with Crippen molar-refractivity contribution in [2.45, 2.75) is 26.3 Å². The van der Waals surface area contributed by atoms with Crippen molar-refractivity contribution in [1.29, 1.82) is 0 Å². The fourth-order valence-corrected chi connectivity index (χ4v) is 3.80. The van der Waals surface area contributed by atoms with E-state index in [-0.39, 0.29) is 5.56 Å². The van der Waals surface area contributed by atoms with Crippen LogP contribution in [0.2, 0.25) is 0 Å². The second-order valence-corrected chi connectivity index (χ2v) is 7.84. The number of aliphatic carboxylic acids is 1. The van der Waals surface area contributed by atoms with Crippen molar-refractivity contribution >= 4 is 49.9 Å². The first-order valence-electron chi connectivity index (χ1n) is 9.48. The Morgan fingerprint density at radius 1 is 1.27 bits per heavy atom. The fraction of sp³-hybridized carbons (Fsp3) is 0.182. The minimum absolute atomic E-state index is 0.253. The van der Waals surface area contributed by atoms with E-state index >= 15 is 0 Å². The largest absolute Gasteiger partial charge is 0.480 e. The second kappa shape index (κ2) is 7.87. The maximum atomic E-state index is 13.1. The third-order valence-corrected chi connectivity index (χ3v) is 5.54. The standard InChI is InChI=1S/C22H19BrN4O3/c1-3-20-25-18-9-8-15(23)10-17(18)21(28)27(20)24-11-14-12-26(13(2)22(29)30)19-7-5-4-6-16(14)19/h4-13H,3H2,1-2H3,(H,29,30)/t13-/m0/s1. The number of aromatic nitrogens is 3. The van der Waals surface area contributed by atoms with E-state index in [0.717, 1.165) is 20.9 Å². The third kappa shape index (κ3) is 3.43. The van der Waals surface area contributed by atoms with Crippen LogP contribution in [-0.2, 0) is 11.2 Å². The molecule has 7 nitrogen and oxygen atoms in total. The van der Waals surface area contributed by atoms with Crippen molar-refractivity contribution in [3.63, 3.8) is 0 Å². The number of halogens is 1. The Morgan fingerprint density at radius 3 is 2.77 bits per heavy atom. The first kappa shape index (κ1) is 20.0. The maximum Gasteiger partial charge on any atom is 0.326 e. The van der Waals surface area contributed by atoms with Gasteiger partial charge in [-0.25, -0.2) is 9.78 Å². The van der Waals surface area contributed by atoms with Crippen LogP contribution < -0.4 is 5.56 Å². The summed E-state index contributed by atoms with van der Waals surface area (Å²) in [5, 5.41) is 15.2. The summed E-state index contributed by atoms with van der Waals surface area (Å²) >= 11 is 3.39. The Kier molecular flexibility index (Phi) is 5.26. The summed E-state index contributed by atoms with van der Waals surface area (Å²) in [5.74, 6) is -0.373. The van der Waals surface area contributed by atoms with Crippen LogP contribution in [0, 0.1) is 0 Å². The van der Waals surface area contributed by atoms with Gasteiger partial charge in [-0.1, -0.05) is 41.1 Å². The van der Waals surface area contributed by atoms with Gasteiger partial charge in [0.05, 0.1) is 17.1 Å². The highest BCUT2D eigenvalue weighted by Gasteiger charge is 2.17. The predicted octanol–water partition coefficient (Wildman–Crippen LogP) is 4.20. The molecule has 0 aliphatic heterocycles. The summed E-state index contributed by atoms with van der Waals surface area (Å²) in [6.45, 7) is 3.54. The van der Waals surface area contributed by atoms with Crippen LogP contribution >= 0.6 is 15.9 Å². The molecule has 0 amide bonds. The average Bonchev–Trinajstić information content (AvgIpc) is 3.11. The number of nitrogens with zero attached hydrogens (tertiary/aromatic N) is 4. The van der Waals surface area contributed by atoms with E-state index in [0.29, 0.717) is 23.1 Å². The summed E-state index contributed by atoms with van der Waals surface area (Å²) in [4.78, 5) is 29.1. The molecule has 2 aromatic heterocycles. The third-order valence-electron chi connectivity index (χ3n) is 5.05. The zero-order valence-corrected chi connectivity index (χ0v) is 18.0. The van der Waals surface area contributed by atoms with Crippen LogP contribution in [-0.4, -0.2) is 31.5 Å². The number of rotatable bonds is 5. The predicted molar refractivity (Wildman–Crippen MR) is 120 cm³/mol. The smallest absolute Gasteiger partial charge is 0.326 e. The summed E-state index contributed by atoms with van der Waals surface area (Å²) < 4.78 is 3.79. The molecular weight excluding hydrogens is 448 g/mol. The number of benzene rings is 2. The molecule has 0 saturated heterocycles. The van der Waals surface area contributed by atoms with E-state index in [9.17, 15) is 14.7 Å².